The molecule has 3 rings (SSSR count). The molecule has 2 fully saturated rings. The number of hydrogen-bond acceptors (Lipinski definition) is 7. The van der Waals surface area contributed by atoms with Gasteiger partial charge in [-0.05, 0) is 66.2 Å². The van der Waals surface area contributed by atoms with Crippen LogP contribution in [-0.2, 0) is 14.3 Å². The lowest BCUT2D eigenvalue weighted by Crippen LogP contribution is -2.43. The Morgan fingerprint density at radius 1 is 1.14 bits per heavy atom. The van der Waals surface area contributed by atoms with Crippen LogP contribution in [0.15, 0.2) is 23.7 Å². The van der Waals surface area contributed by atoms with Crippen molar-refractivity contribution < 1.29 is 19.1 Å². The Hall–Kier alpha value is -2.29. The lowest BCUT2D eigenvalue weighted by molar-refractivity contribution is -0.128. The number of allylic oxidation sites excluding steroid dienone is 1. The first kappa shape index (κ1) is 29.3. The van der Waals surface area contributed by atoms with Gasteiger partial charge in [0.25, 0.3) is 5.91 Å². The van der Waals surface area contributed by atoms with Gasteiger partial charge in [0.2, 0.25) is 0 Å². The highest BCUT2D eigenvalue weighted by Gasteiger charge is 2.35. The maximum absolute atomic E-state index is 13.7. The van der Waals surface area contributed by atoms with E-state index in [1.165, 1.54) is 17.3 Å². The molecule has 10 heteroatoms. The van der Waals surface area contributed by atoms with E-state index in [9.17, 15) is 14.4 Å². The van der Waals surface area contributed by atoms with Crippen LogP contribution in [0.2, 0.25) is 10.0 Å². The van der Waals surface area contributed by atoms with Crippen LogP contribution in [0.3, 0.4) is 0 Å². The minimum absolute atomic E-state index is 0.0928. The summed E-state index contributed by atoms with van der Waals surface area (Å²) in [4.78, 5) is 44.0. The van der Waals surface area contributed by atoms with E-state index in [1.54, 1.807) is 13.8 Å². The van der Waals surface area contributed by atoms with Crippen molar-refractivity contribution in [2.24, 2.45) is 5.92 Å². The number of ketones is 2. The van der Waals surface area contributed by atoms with Gasteiger partial charge in [0, 0.05) is 42.8 Å². The zero-order valence-corrected chi connectivity index (χ0v) is 23.4. The van der Waals surface area contributed by atoms with Gasteiger partial charge in [0.1, 0.15) is 5.78 Å². The number of Topliss-reactive ketones (excluding diaryl/α,β-unsaturated/α-hetero) is 2. The fourth-order valence-electron chi connectivity index (χ4n) is 5.13. The van der Waals surface area contributed by atoms with Gasteiger partial charge in [-0.25, -0.2) is 0 Å². The first-order valence-electron chi connectivity index (χ1n) is 12.7. The molecular weight excluding hydrogens is 515 g/mol. The molecule has 2 aliphatic rings. The van der Waals surface area contributed by atoms with Crippen LogP contribution >= 0.6 is 23.2 Å². The third-order valence-corrected chi connectivity index (χ3v) is 7.81. The molecule has 2 N–H and O–H groups in total. The Morgan fingerprint density at radius 3 is 2.27 bits per heavy atom. The molecule has 1 saturated heterocycles. The van der Waals surface area contributed by atoms with Crippen molar-refractivity contribution in [3.05, 3.63) is 39.3 Å². The Balaban J connectivity index is 1.81. The van der Waals surface area contributed by atoms with E-state index in [0.717, 1.165) is 44.7 Å². The number of rotatable bonds is 10. The van der Waals surface area contributed by atoms with Crippen LogP contribution in [0.1, 0.15) is 76.6 Å². The lowest BCUT2D eigenvalue weighted by atomic mass is 9.84. The molecule has 1 aliphatic carbocycles. The number of carbonyl (C=O) groups excluding carboxylic acids is 3. The summed E-state index contributed by atoms with van der Waals surface area (Å²) < 4.78 is 6.11. The van der Waals surface area contributed by atoms with Crippen molar-refractivity contribution in [2.45, 2.75) is 84.0 Å². The number of halogens is 2. The van der Waals surface area contributed by atoms with Crippen LogP contribution < -0.4 is 5.32 Å². The molecule has 0 unspecified atom stereocenters. The highest BCUT2D eigenvalue weighted by molar-refractivity contribution is 6.39. The zero-order chi connectivity index (χ0) is 27.3. The van der Waals surface area contributed by atoms with E-state index in [4.69, 9.17) is 33.3 Å². The van der Waals surface area contributed by atoms with Crippen LogP contribution in [0.25, 0.3) is 0 Å². The third kappa shape index (κ3) is 7.62. The van der Waals surface area contributed by atoms with Gasteiger partial charge in [-0.2, -0.15) is 0 Å². The Bertz CT molecular complexity index is 1060. The predicted octanol–water partition coefficient (Wildman–Crippen LogP) is 5.02. The Labute approximate surface area is 228 Å². The largest absolute Gasteiger partial charge is 0.385 e. The number of hydrogen-bond donors (Lipinski definition) is 2. The summed E-state index contributed by atoms with van der Waals surface area (Å²) in [5.41, 5.74) is 0.542. The first-order valence-corrected chi connectivity index (χ1v) is 13.4. The van der Waals surface area contributed by atoms with Crippen LogP contribution in [0.5, 0.6) is 0 Å². The summed E-state index contributed by atoms with van der Waals surface area (Å²) in [6.45, 7) is 7.32. The van der Waals surface area contributed by atoms with Crippen LogP contribution in [0, 0.1) is 11.3 Å². The van der Waals surface area contributed by atoms with Crippen LogP contribution in [-0.4, -0.2) is 64.4 Å². The van der Waals surface area contributed by atoms with E-state index in [1.807, 2.05) is 13.8 Å². The molecule has 0 radical (unpaired) electrons. The Kier molecular flexibility index (Phi) is 9.89. The summed E-state index contributed by atoms with van der Waals surface area (Å²) in [7, 11) is 0. The standard InChI is InChI=1S/C27H36Cl2N4O4/c1-16(32-19-7-5-18(6-8-19)17(2)34)21(11-30)26(36)33(14-20-9-10-27(3,4)37-20)15-24(35)25-22(28)12-31-13-23(25)29/h11-13,18-20,30,32H,5-10,14-15H2,1-4H3/b21-16+,30-11?/t18-,19-,20-/m1/s1. The third-order valence-electron chi connectivity index (χ3n) is 7.23. The second kappa shape index (κ2) is 12.5. The van der Waals surface area contributed by atoms with Gasteiger partial charge in [-0.1, -0.05) is 23.2 Å². The summed E-state index contributed by atoms with van der Waals surface area (Å²) in [6, 6.07) is 0.113. The van der Waals surface area contributed by atoms with Gasteiger partial charge >= 0.3 is 0 Å². The van der Waals surface area contributed by atoms with Crippen molar-refractivity contribution >= 4 is 46.9 Å². The smallest absolute Gasteiger partial charge is 0.257 e. The number of aromatic nitrogens is 1. The van der Waals surface area contributed by atoms with Gasteiger partial charge in [0.15, 0.2) is 5.78 Å². The number of nitrogens with zero attached hydrogens (tertiary/aromatic N) is 2. The average Bonchev–Trinajstić information content (AvgIpc) is 3.17. The number of pyridine rings is 1. The quantitative estimate of drug-likeness (QED) is 0.240. The molecule has 1 amide bonds. The normalized spacial score (nSPS) is 23.7. The number of carbonyl (C=O) groups is 3. The van der Waals surface area contributed by atoms with Gasteiger partial charge in [-0.15, -0.1) is 0 Å². The number of ether oxygens (including phenoxy) is 1. The molecule has 1 aliphatic heterocycles. The second-order valence-corrected chi connectivity index (χ2v) is 11.4. The topological polar surface area (TPSA) is 112 Å². The molecule has 0 spiro atoms. The van der Waals surface area contributed by atoms with E-state index < -0.39 is 11.7 Å². The van der Waals surface area contributed by atoms with E-state index in [-0.39, 0.29) is 63.7 Å². The molecule has 8 nitrogen and oxygen atoms in total. The van der Waals surface area contributed by atoms with Gasteiger partial charge in [-0.3, -0.25) is 19.4 Å². The fourth-order valence-corrected chi connectivity index (χ4v) is 5.71. The summed E-state index contributed by atoms with van der Waals surface area (Å²) in [5, 5.41) is 11.6. The van der Waals surface area contributed by atoms with Gasteiger partial charge in [0.05, 0.1) is 39.4 Å². The lowest BCUT2D eigenvalue weighted by Gasteiger charge is -2.30. The SMILES string of the molecule is C/C(N[C@H]1CC[C@H](C(C)=O)CC1)=C(/C=N)C(=O)N(CC(=O)c1c(Cl)cncc1Cl)C[C@H]1CCC(C)(C)O1. The molecule has 1 saturated carbocycles. The molecular formula is C27H36Cl2N4O4. The highest BCUT2D eigenvalue weighted by atomic mass is 35.5. The van der Waals surface area contributed by atoms with E-state index in [0.29, 0.717) is 5.70 Å². The molecule has 1 atom stereocenters. The summed E-state index contributed by atoms with van der Waals surface area (Å²) >= 11 is 12.4. The maximum atomic E-state index is 13.7. The number of amides is 1. The molecule has 37 heavy (non-hydrogen) atoms. The first-order chi connectivity index (χ1) is 17.4. The number of nitrogens with one attached hydrogen (secondary N) is 2. The van der Waals surface area contributed by atoms with Crippen LogP contribution in [0.4, 0.5) is 0 Å². The molecule has 202 valence electrons. The molecule has 0 aromatic carbocycles. The molecule has 0 bridgehead atoms. The van der Waals surface area contributed by atoms with E-state index >= 15 is 0 Å². The van der Waals surface area contributed by atoms with Crippen molar-refractivity contribution in [3.8, 4) is 0 Å². The minimum Gasteiger partial charge on any atom is -0.385 e. The fraction of sp³-hybridized carbons (Fsp3) is 0.593. The molecule has 1 aromatic rings. The maximum Gasteiger partial charge on any atom is 0.257 e. The average molecular weight is 552 g/mol. The van der Waals surface area contributed by atoms with Crippen molar-refractivity contribution in [2.75, 3.05) is 13.1 Å². The van der Waals surface area contributed by atoms with Crippen molar-refractivity contribution in [1.29, 1.82) is 5.41 Å². The predicted molar refractivity (Wildman–Crippen MR) is 144 cm³/mol. The summed E-state index contributed by atoms with van der Waals surface area (Å²) in [5.74, 6) is -0.552. The minimum atomic E-state index is -0.444. The Morgan fingerprint density at radius 2 is 1.76 bits per heavy atom. The van der Waals surface area contributed by atoms with Gasteiger partial charge < -0.3 is 20.4 Å². The molecule has 2 heterocycles. The van der Waals surface area contributed by atoms with E-state index in [2.05, 4.69) is 10.3 Å². The zero-order valence-electron chi connectivity index (χ0n) is 21.9. The van der Waals surface area contributed by atoms with Crippen molar-refractivity contribution in [3.63, 3.8) is 0 Å². The summed E-state index contributed by atoms with van der Waals surface area (Å²) in [6.07, 6.45) is 8.29. The highest BCUT2D eigenvalue weighted by Crippen LogP contribution is 2.31. The second-order valence-electron chi connectivity index (χ2n) is 10.6. The monoisotopic (exact) mass is 550 g/mol. The van der Waals surface area contributed by atoms with Crippen molar-refractivity contribution in [1.82, 2.24) is 15.2 Å². The molecule has 1 aromatic heterocycles.